The van der Waals surface area contributed by atoms with Crippen LogP contribution >= 0.6 is 0 Å². The van der Waals surface area contributed by atoms with Crippen LogP contribution in [0.2, 0.25) is 0 Å². The zero-order chi connectivity index (χ0) is 23.4. The summed E-state index contributed by atoms with van der Waals surface area (Å²) < 4.78 is 10.6. The number of aromatic nitrogens is 2. The van der Waals surface area contributed by atoms with E-state index in [1.54, 1.807) is 18.2 Å². The fourth-order valence-electron chi connectivity index (χ4n) is 2.96. The second kappa shape index (κ2) is 9.01. The van der Waals surface area contributed by atoms with Crippen molar-refractivity contribution in [2.45, 2.75) is 6.54 Å². The molecule has 1 aromatic heterocycles. The number of non-ortho nitro benzene ring substituents is 1. The molecule has 14 heteroatoms. The molecule has 168 valence electrons. The van der Waals surface area contributed by atoms with Gasteiger partial charge >= 0.3 is 5.69 Å². The van der Waals surface area contributed by atoms with Crippen molar-refractivity contribution in [3.05, 3.63) is 80.1 Å². The molecule has 3 N–H and O–H groups in total. The van der Waals surface area contributed by atoms with Crippen molar-refractivity contribution in [2.24, 2.45) is 0 Å². The van der Waals surface area contributed by atoms with Crippen LogP contribution in [0, 0.1) is 20.2 Å². The first-order valence-corrected chi connectivity index (χ1v) is 9.35. The Hall–Kier alpha value is -5.01. The molecule has 1 aliphatic heterocycles. The fraction of sp³-hybridized carbons (Fsp3) is 0.105. The number of ether oxygens (including phenoxy) is 2. The van der Waals surface area contributed by atoms with E-state index in [4.69, 9.17) is 9.47 Å². The zero-order valence-electron chi connectivity index (χ0n) is 16.7. The second-order valence-electron chi connectivity index (χ2n) is 6.60. The van der Waals surface area contributed by atoms with Crippen molar-refractivity contribution in [3.8, 4) is 11.5 Å². The summed E-state index contributed by atoms with van der Waals surface area (Å²) in [5.74, 6) is 0.0682. The number of hydrazine groups is 1. The van der Waals surface area contributed by atoms with E-state index in [1.807, 2.05) is 0 Å². The van der Waals surface area contributed by atoms with Crippen LogP contribution in [-0.4, -0.2) is 32.5 Å². The van der Waals surface area contributed by atoms with Crippen molar-refractivity contribution in [1.82, 2.24) is 15.4 Å². The molecule has 1 amide bonds. The average Bonchev–Trinajstić information content (AvgIpc) is 3.29. The monoisotopic (exact) mass is 453 g/mol. The molecule has 0 aliphatic carbocycles. The molecule has 0 bridgehead atoms. The lowest BCUT2D eigenvalue weighted by molar-refractivity contribution is -0.384. The highest BCUT2D eigenvalue weighted by molar-refractivity contribution is 5.95. The van der Waals surface area contributed by atoms with Crippen LogP contribution in [-0.2, 0) is 6.54 Å². The van der Waals surface area contributed by atoms with Gasteiger partial charge in [-0.2, -0.15) is 0 Å². The molecule has 1 aliphatic rings. The number of nitro benzene ring substituents is 1. The number of carbonyl (C=O) groups excluding carboxylic acids is 1. The highest BCUT2D eigenvalue weighted by Crippen LogP contribution is 2.33. The molecule has 14 nitrogen and oxygen atoms in total. The van der Waals surface area contributed by atoms with Gasteiger partial charge in [0, 0.05) is 24.2 Å². The first kappa shape index (κ1) is 21.2. The van der Waals surface area contributed by atoms with Crippen LogP contribution in [0.15, 0.2) is 48.8 Å². The Labute approximate surface area is 184 Å². The highest BCUT2D eigenvalue weighted by Gasteiger charge is 2.24. The number of amides is 1. The Morgan fingerprint density at radius 3 is 2.58 bits per heavy atom. The first-order chi connectivity index (χ1) is 15.9. The van der Waals surface area contributed by atoms with E-state index >= 15 is 0 Å². The quantitative estimate of drug-likeness (QED) is 0.336. The molecule has 4 rings (SSSR count). The Morgan fingerprint density at radius 2 is 1.79 bits per heavy atom. The zero-order valence-corrected chi connectivity index (χ0v) is 16.7. The largest absolute Gasteiger partial charge is 0.454 e. The van der Waals surface area contributed by atoms with Crippen molar-refractivity contribution < 1.29 is 24.1 Å². The maximum absolute atomic E-state index is 12.3. The van der Waals surface area contributed by atoms with Gasteiger partial charge in [0.2, 0.25) is 18.4 Å². The molecule has 2 heterocycles. The molecule has 0 radical (unpaired) electrons. The van der Waals surface area contributed by atoms with Gasteiger partial charge in [0.15, 0.2) is 11.5 Å². The fourth-order valence-corrected chi connectivity index (χ4v) is 2.96. The van der Waals surface area contributed by atoms with Gasteiger partial charge in [-0.1, -0.05) is 12.1 Å². The molecule has 0 spiro atoms. The number of nitro groups is 2. The summed E-state index contributed by atoms with van der Waals surface area (Å²) in [5, 5.41) is 25.4. The average molecular weight is 453 g/mol. The summed E-state index contributed by atoms with van der Waals surface area (Å²) >= 11 is 0. The van der Waals surface area contributed by atoms with Crippen LogP contribution < -0.4 is 25.6 Å². The highest BCUT2D eigenvalue weighted by atomic mass is 16.7. The third-order valence-corrected chi connectivity index (χ3v) is 4.52. The minimum atomic E-state index is -0.749. The Morgan fingerprint density at radius 1 is 1.00 bits per heavy atom. The summed E-state index contributed by atoms with van der Waals surface area (Å²) in [4.78, 5) is 41.2. The van der Waals surface area contributed by atoms with E-state index in [9.17, 15) is 25.0 Å². The summed E-state index contributed by atoms with van der Waals surface area (Å²) in [6, 6.07) is 10.2. The number of fused-ring (bicyclic) bond motifs is 1. The number of hydrogen-bond donors (Lipinski definition) is 3. The van der Waals surface area contributed by atoms with E-state index in [0.29, 0.717) is 11.5 Å². The lowest BCUT2D eigenvalue weighted by Crippen LogP contribution is -2.30. The Balaban J connectivity index is 1.48. The van der Waals surface area contributed by atoms with Crippen molar-refractivity contribution in [1.29, 1.82) is 0 Å². The normalized spacial score (nSPS) is 11.5. The van der Waals surface area contributed by atoms with Crippen molar-refractivity contribution in [2.75, 3.05) is 17.5 Å². The van der Waals surface area contributed by atoms with E-state index in [2.05, 4.69) is 26.1 Å². The van der Waals surface area contributed by atoms with Crippen LogP contribution in [0.25, 0.3) is 0 Å². The number of rotatable bonds is 8. The number of nitrogens with zero attached hydrogens (tertiary/aromatic N) is 4. The molecule has 0 saturated heterocycles. The van der Waals surface area contributed by atoms with Gasteiger partial charge < -0.3 is 14.8 Å². The van der Waals surface area contributed by atoms with E-state index in [0.717, 1.165) is 18.0 Å². The van der Waals surface area contributed by atoms with Gasteiger partial charge in [-0.3, -0.25) is 35.9 Å². The summed E-state index contributed by atoms with van der Waals surface area (Å²) in [6.45, 7) is 0.314. The van der Waals surface area contributed by atoms with E-state index in [1.165, 1.54) is 18.2 Å². The van der Waals surface area contributed by atoms with Gasteiger partial charge in [0.25, 0.3) is 11.6 Å². The number of carbonyl (C=O) groups is 1. The maximum atomic E-state index is 12.3. The van der Waals surface area contributed by atoms with Crippen LogP contribution in [0.3, 0.4) is 0 Å². The summed E-state index contributed by atoms with van der Waals surface area (Å²) in [5.41, 5.74) is 4.59. The molecule has 0 atom stereocenters. The molecular weight excluding hydrogens is 438 g/mol. The standard InChI is InChI=1S/C19H15N7O7/c27-19(12-2-1-3-13(7-12)25(28)29)24-23-18-16(26(30)31)17(21-9-22-18)20-8-11-4-5-14-15(6-11)33-10-32-14/h1-7,9H,8,10H2,(H,24,27)(H2,20,21,22,23). The van der Waals surface area contributed by atoms with Gasteiger partial charge in [-0.25, -0.2) is 9.97 Å². The van der Waals surface area contributed by atoms with Gasteiger partial charge in [-0.15, -0.1) is 0 Å². The van der Waals surface area contributed by atoms with Gasteiger partial charge in [0.1, 0.15) is 6.33 Å². The van der Waals surface area contributed by atoms with Crippen LogP contribution in [0.4, 0.5) is 23.0 Å². The number of hydrogen-bond acceptors (Lipinski definition) is 11. The molecule has 0 unspecified atom stereocenters. The smallest absolute Gasteiger partial charge is 0.354 e. The molecular formula is C19H15N7O7. The summed E-state index contributed by atoms with van der Waals surface area (Å²) in [6.07, 6.45) is 1.08. The molecule has 3 aromatic rings. The third-order valence-electron chi connectivity index (χ3n) is 4.52. The minimum Gasteiger partial charge on any atom is -0.454 e. The van der Waals surface area contributed by atoms with Crippen molar-refractivity contribution in [3.63, 3.8) is 0 Å². The molecule has 0 saturated carbocycles. The van der Waals surface area contributed by atoms with E-state index in [-0.39, 0.29) is 36.2 Å². The minimum absolute atomic E-state index is 0.0189. The third kappa shape index (κ3) is 4.68. The lowest BCUT2D eigenvalue weighted by atomic mass is 10.2. The SMILES string of the molecule is O=C(NNc1ncnc(NCc2ccc3c(c2)OCO3)c1[N+](=O)[O-])c1cccc([N+](=O)[O-])c1. The Kier molecular flexibility index (Phi) is 5.79. The topological polar surface area (TPSA) is 184 Å². The maximum Gasteiger partial charge on any atom is 0.354 e. The van der Waals surface area contributed by atoms with Gasteiger partial charge in [0.05, 0.1) is 9.85 Å². The second-order valence-corrected chi connectivity index (χ2v) is 6.60. The van der Waals surface area contributed by atoms with E-state index < -0.39 is 21.4 Å². The predicted molar refractivity (Wildman–Crippen MR) is 113 cm³/mol. The number of nitrogens with one attached hydrogen (secondary N) is 3. The molecule has 0 fully saturated rings. The number of benzene rings is 2. The first-order valence-electron chi connectivity index (χ1n) is 9.35. The van der Waals surface area contributed by atoms with Crippen LogP contribution in [0.5, 0.6) is 11.5 Å². The van der Waals surface area contributed by atoms with Crippen LogP contribution in [0.1, 0.15) is 15.9 Å². The number of anilines is 2. The lowest BCUT2D eigenvalue weighted by Gasteiger charge is -2.11. The molecule has 2 aromatic carbocycles. The van der Waals surface area contributed by atoms with Crippen molar-refractivity contribution >= 4 is 28.9 Å². The summed E-state index contributed by atoms with van der Waals surface area (Å²) in [7, 11) is 0. The molecule has 33 heavy (non-hydrogen) atoms. The predicted octanol–water partition coefficient (Wildman–Crippen LogP) is 2.39. The Bertz CT molecular complexity index is 1250. The van der Waals surface area contributed by atoms with Gasteiger partial charge in [-0.05, 0) is 23.8 Å².